The zero-order valence-electron chi connectivity index (χ0n) is 9.57. The van der Waals surface area contributed by atoms with Crippen LogP contribution in [0.1, 0.15) is 19.8 Å². The van der Waals surface area contributed by atoms with Gasteiger partial charge in [0.25, 0.3) is 0 Å². The van der Waals surface area contributed by atoms with Gasteiger partial charge in [0.15, 0.2) is 11.8 Å². The van der Waals surface area contributed by atoms with Gasteiger partial charge in [-0.1, -0.05) is 6.92 Å². The first-order valence-electron chi connectivity index (χ1n) is 5.09. The molecule has 0 bridgehead atoms. The molecule has 0 heterocycles. The Hall–Kier alpha value is -2.12. The molecule has 1 atom stereocenters. The summed E-state index contributed by atoms with van der Waals surface area (Å²) in [5, 5.41) is 34.6. The van der Waals surface area contributed by atoms with Crippen molar-refractivity contribution in [2.75, 3.05) is 0 Å². The van der Waals surface area contributed by atoms with Gasteiger partial charge >= 0.3 is 23.9 Å². The van der Waals surface area contributed by atoms with Gasteiger partial charge in [-0.3, -0.25) is 19.2 Å². The largest absolute Gasteiger partial charge is 0.481 e. The molecule has 0 aliphatic heterocycles. The van der Waals surface area contributed by atoms with Crippen LogP contribution in [0.5, 0.6) is 0 Å². The Balaban J connectivity index is 4.60. The van der Waals surface area contributed by atoms with E-state index in [1.807, 2.05) is 0 Å². The second-order valence-corrected chi connectivity index (χ2v) is 3.94. The lowest BCUT2D eigenvalue weighted by atomic mass is 9.87. The van der Waals surface area contributed by atoms with Crippen LogP contribution >= 0.6 is 0 Å². The minimum atomic E-state index is -1.67. The van der Waals surface area contributed by atoms with Crippen LogP contribution in [-0.2, 0) is 19.2 Å². The van der Waals surface area contributed by atoms with Crippen molar-refractivity contribution >= 4 is 23.9 Å². The van der Waals surface area contributed by atoms with Crippen LogP contribution in [0.2, 0.25) is 0 Å². The van der Waals surface area contributed by atoms with E-state index in [2.05, 4.69) is 0 Å². The highest BCUT2D eigenvalue weighted by Gasteiger charge is 2.34. The van der Waals surface area contributed by atoms with Crippen LogP contribution in [-0.4, -0.2) is 44.3 Å². The lowest BCUT2D eigenvalue weighted by molar-refractivity contribution is -0.157. The Morgan fingerprint density at radius 2 is 1.17 bits per heavy atom. The number of hydrogen-bond donors (Lipinski definition) is 4. The van der Waals surface area contributed by atoms with E-state index >= 15 is 0 Å². The maximum atomic E-state index is 10.7. The molecule has 0 aliphatic carbocycles. The molecule has 0 aromatic carbocycles. The molecule has 102 valence electrons. The Bertz CT molecular complexity index is 333. The third-order valence-corrected chi connectivity index (χ3v) is 2.61. The van der Waals surface area contributed by atoms with Crippen molar-refractivity contribution in [3.05, 3.63) is 0 Å². The van der Waals surface area contributed by atoms with Gasteiger partial charge in [-0.15, -0.1) is 0 Å². The van der Waals surface area contributed by atoms with Gasteiger partial charge in [0.2, 0.25) is 0 Å². The normalized spacial score (nSPS) is 12.4. The van der Waals surface area contributed by atoms with E-state index in [0.29, 0.717) is 0 Å². The second-order valence-electron chi connectivity index (χ2n) is 3.94. The van der Waals surface area contributed by atoms with E-state index in [9.17, 15) is 19.2 Å². The SMILES string of the molecule is CC(CCC(C(=O)O)C(=O)O)C(C(=O)O)C(=O)O. The molecule has 8 nitrogen and oxygen atoms in total. The molecule has 8 heteroatoms. The zero-order chi connectivity index (χ0) is 14.5. The number of aliphatic carboxylic acids is 4. The van der Waals surface area contributed by atoms with E-state index < -0.39 is 41.6 Å². The van der Waals surface area contributed by atoms with Crippen molar-refractivity contribution in [2.24, 2.45) is 17.8 Å². The van der Waals surface area contributed by atoms with Crippen molar-refractivity contribution < 1.29 is 39.6 Å². The van der Waals surface area contributed by atoms with E-state index in [0.717, 1.165) is 0 Å². The topological polar surface area (TPSA) is 149 Å². The standard InChI is InChI=1S/C10H14O8/c1-4(6(9(15)16)10(17)18)2-3-5(7(11)12)8(13)14/h4-6H,2-3H2,1H3,(H,11,12)(H,13,14)(H,15,16)(H,17,18). The molecular formula is C10H14O8. The van der Waals surface area contributed by atoms with E-state index in [4.69, 9.17) is 20.4 Å². The Kier molecular flexibility index (Phi) is 5.80. The highest BCUT2D eigenvalue weighted by Crippen LogP contribution is 2.21. The summed E-state index contributed by atoms with van der Waals surface area (Å²) in [7, 11) is 0. The predicted molar refractivity (Wildman–Crippen MR) is 55.9 cm³/mol. The first-order valence-corrected chi connectivity index (χ1v) is 5.09. The van der Waals surface area contributed by atoms with Crippen LogP contribution in [0.25, 0.3) is 0 Å². The first kappa shape index (κ1) is 15.9. The van der Waals surface area contributed by atoms with E-state index in [1.54, 1.807) is 0 Å². The maximum absolute atomic E-state index is 10.7. The van der Waals surface area contributed by atoms with Crippen molar-refractivity contribution in [1.29, 1.82) is 0 Å². The average molecular weight is 262 g/mol. The van der Waals surface area contributed by atoms with Gasteiger partial charge in [-0.25, -0.2) is 0 Å². The Morgan fingerprint density at radius 1 is 0.778 bits per heavy atom. The molecule has 0 saturated carbocycles. The van der Waals surface area contributed by atoms with E-state index in [-0.39, 0.29) is 12.8 Å². The third-order valence-electron chi connectivity index (χ3n) is 2.61. The lowest BCUT2D eigenvalue weighted by Gasteiger charge is -2.17. The van der Waals surface area contributed by atoms with Gasteiger partial charge in [-0.05, 0) is 18.8 Å². The molecule has 0 amide bonds. The summed E-state index contributed by atoms with van der Waals surface area (Å²) in [6.07, 6.45) is -0.435. The van der Waals surface area contributed by atoms with Crippen molar-refractivity contribution in [2.45, 2.75) is 19.8 Å². The number of carboxylic acid groups (broad SMARTS) is 4. The molecule has 0 aromatic heterocycles. The lowest BCUT2D eigenvalue weighted by Crippen LogP contribution is -2.31. The predicted octanol–water partition coefficient (Wildman–Crippen LogP) is -0.0265. The van der Waals surface area contributed by atoms with Crippen molar-refractivity contribution in [3.63, 3.8) is 0 Å². The van der Waals surface area contributed by atoms with Crippen LogP contribution in [0.3, 0.4) is 0 Å². The molecule has 0 radical (unpaired) electrons. The molecular weight excluding hydrogens is 248 g/mol. The third kappa shape index (κ3) is 4.40. The van der Waals surface area contributed by atoms with Crippen LogP contribution in [0, 0.1) is 17.8 Å². The number of hydrogen-bond acceptors (Lipinski definition) is 4. The van der Waals surface area contributed by atoms with Crippen molar-refractivity contribution in [3.8, 4) is 0 Å². The molecule has 0 spiro atoms. The molecule has 0 aromatic rings. The summed E-state index contributed by atoms with van der Waals surface area (Å²) in [4.78, 5) is 42.5. The first-order chi connectivity index (χ1) is 8.18. The monoisotopic (exact) mass is 262 g/mol. The summed E-state index contributed by atoms with van der Waals surface area (Å²) >= 11 is 0. The molecule has 0 saturated heterocycles. The Labute approximate surface area is 102 Å². The zero-order valence-corrected chi connectivity index (χ0v) is 9.57. The quantitative estimate of drug-likeness (QED) is 0.445. The maximum Gasteiger partial charge on any atom is 0.318 e. The molecule has 1 unspecified atom stereocenters. The molecule has 18 heavy (non-hydrogen) atoms. The fourth-order valence-electron chi connectivity index (χ4n) is 1.54. The van der Waals surface area contributed by atoms with Crippen LogP contribution < -0.4 is 0 Å². The summed E-state index contributed by atoms with van der Waals surface area (Å²) in [5.41, 5.74) is 0. The van der Waals surface area contributed by atoms with Crippen LogP contribution in [0.4, 0.5) is 0 Å². The highest BCUT2D eigenvalue weighted by atomic mass is 16.4. The van der Waals surface area contributed by atoms with Crippen molar-refractivity contribution in [1.82, 2.24) is 0 Å². The minimum absolute atomic E-state index is 0.119. The summed E-state index contributed by atoms with van der Waals surface area (Å²) in [6.45, 7) is 1.33. The Morgan fingerprint density at radius 3 is 1.44 bits per heavy atom. The van der Waals surface area contributed by atoms with Crippen LogP contribution in [0.15, 0.2) is 0 Å². The fourth-order valence-corrected chi connectivity index (χ4v) is 1.54. The van der Waals surface area contributed by atoms with Gasteiger partial charge in [0.05, 0.1) is 0 Å². The summed E-state index contributed by atoms with van der Waals surface area (Å²) in [5.74, 6) is -10.3. The molecule has 0 fully saturated rings. The van der Waals surface area contributed by atoms with Gasteiger partial charge in [0, 0.05) is 0 Å². The molecule has 0 aliphatic rings. The van der Waals surface area contributed by atoms with Gasteiger partial charge < -0.3 is 20.4 Å². The summed E-state index contributed by atoms with van der Waals surface area (Å²) in [6, 6.07) is 0. The average Bonchev–Trinajstić information content (AvgIpc) is 2.14. The van der Waals surface area contributed by atoms with Gasteiger partial charge in [-0.2, -0.15) is 0 Å². The molecule has 4 N–H and O–H groups in total. The number of carboxylic acids is 4. The minimum Gasteiger partial charge on any atom is -0.481 e. The fraction of sp³-hybridized carbons (Fsp3) is 0.600. The smallest absolute Gasteiger partial charge is 0.318 e. The molecule has 0 rings (SSSR count). The highest BCUT2D eigenvalue weighted by molar-refractivity contribution is 5.93. The second kappa shape index (κ2) is 6.58. The summed E-state index contributed by atoms with van der Waals surface area (Å²) < 4.78 is 0. The number of rotatable bonds is 8. The van der Waals surface area contributed by atoms with E-state index in [1.165, 1.54) is 6.92 Å². The number of carbonyl (C=O) groups is 4. The van der Waals surface area contributed by atoms with Gasteiger partial charge in [0.1, 0.15) is 0 Å².